The van der Waals surface area contributed by atoms with Gasteiger partial charge in [-0.1, -0.05) is 6.92 Å². The van der Waals surface area contributed by atoms with E-state index in [1.165, 1.54) is 12.1 Å². The molecule has 6 nitrogen and oxygen atoms in total. The van der Waals surface area contributed by atoms with Crippen LogP contribution in [-0.2, 0) is 0 Å². The molecule has 1 fully saturated rings. The number of nitro benzene ring substituents is 1. The van der Waals surface area contributed by atoms with Crippen molar-refractivity contribution >= 4 is 17.3 Å². The van der Waals surface area contributed by atoms with Gasteiger partial charge in [-0.05, 0) is 24.3 Å². The molecule has 0 amide bonds. The maximum atomic E-state index is 11.1. The molecule has 1 aromatic carbocycles. The van der Waals surface area contributed by atoms with Gasteiger partial charge in [-0.3, -0.25) is 10.1 Å². The van der Waals surface area contributed by atoms with Crippen molar-refractivity contribution in [3.63, 3.8) is 0 Å². The molecule has 18 heavy (non-hydrogen) atoms. The Hall–Kier alpha value is -2.11. The summed E-state index contributed by atoms with van der Waals surface area (Å²) in [6.45, 7) is 2.85. The van der Waals surface area contributed by atoms with Crippen LogP contribution in [0.5, 0.6) is 0 Å². The minimum absolute atomic E-state index is 0.0579. The predicted octanol–water partition coefficient (Wildman–Crippen LogP) is 2.36. The number of carbonyl (C=O) groups is 1. The summed E-state index contributed by atoms with van der Waals surface area (Å²) >= 11 is 0. The number of hydrogen-bond donors (Lipinski definition) is 2. The molecule has 0 spiro atoms. The summed E-state index contributed by atoms with van der Waals surface area (Å²) in [6.07, 6.45) is 1.14. The fourth-order valence-corrected chi connectivity index (χ4v) is 1.90. The number of nitro groups is 1. The van der Waals surface area contributed by atoms with Crippen molar-refractivity contribution in [1.82, 2.24) is 0 Å². The van der Waals surface area contributed by atoms with Crippen LogP contribution >= 0.6 is 0 Å². The van der Waals surface area contributed by atoms with Crippen LogP contribution in [0.15, 0.2) is 18.2 Å². The van der Waals surface area contributed by atoms with Gasteiger partial charge in [-0.25, -0.2) is 4.79 Å². The first-order valence-corrected chi connectivity index (χ1v) is 5.74. The highest BCUT2D eigenvalue weighted by Gasteiger charge is 2.32. The lowest BCUT2D eigenvalue weighted by molar-refractivity contribution is -0.384. The van der Waals surface area contributed by atoms with Gasteiger partial charge in [0.1, 0.15) is 0 Å². The number of non-ortho nitro benzene ring substituents is 1. The number of anilines is 1. The second-order valence-corrected chi connectivity index (χ2v) is 4.65. The summed E-state index contributed by atoms with van der Waals surface area (Å²) in [5.41, 5.74) is 0.169. The second-order valence-electron chi connectivity index (χ2n) is 4.65. The molecule has 0 radical (unpaired) electrons. The number of nitrogens with one attached hydrogen (secondary N) is 1. The Kier molecular flexibility index (Phi) is 3.18. The summed E-state index contributed by atoms with van der Waals surface area (Å²) in [7, 11) is 0. The highest BCUT2D eigenvalue weighted by Crippen LogP contribution is 2.37. The lowest BCUT2D eigenvalue weighted by Gasteiger charge is -2.08. The number of aromatic carboxylic acids is 1. The summed E-state index contributed by atoms with van der Waals surface area (Å²) in [5, 5.41) is 22.7. The molecular formula is C12H14N2O4. The lowest BCUT2D eigenvalue weighted by Crippen LogP contribution is -2.09. The molecule has 96 valence electrons. The zero-order valence-electron chi connectivity index (χ0n) is 9.92. The van der Waals surface area contributed by atoms with E-state index in [0.29, 0.717) is 24.1 Å². The molecule has 6 heteroatoms. The monoisotopic (exact) mass is 250 g/mol. The van der Waals surface area contributed by atoms with Crippen LogP contribution in [0.3, 0.4) is 0 Å². The number of nitrogens with zero attached hydrogens (tertiary/aromatic N) is 1. The van der Waals surface area contributed by atoms with Gasteiger partial charge in [-0.2, -0.15) is 0 Å². The number of hydrogen-bond acceptors (Lipinski definition) is 4. The van der Waals surface area contributed by atoms with Crippen molar-refractivity contribution < 1.29 is 14.8 Å². The molecule has 2 rings (SSSR count). The van der Waals surface area contributed by atoms with Crippen LogP contribution in [0.25, 0.3) is 0 Å². The van der Waals surface area contributed by atoms with E-state index in [-0.39, 0.29) is 11.3 Å². The third-order valence-electron chi connectivity index (χ3n) is 3.28. The lowest BCUT2D eigenvalue weighted by atomic mass is 10.1. The third kappa shape index (κ3) is 2.58. The smallest absolute Gasteiger partial charge is 0.338 e. The van der Waals surface area contributed by atoms with Gasteiger partial charge in [0, 0.05) is 24.4 Å². The molecule has 1 aliphatic carbocycles. The Morgan fingerprint density at radius 3 is 2.78 bits per heavy atom. The zero-order chi connectivity index (χ0) is 13.3. The van der Waals surface area contributed by atoms with Crippen molar-refractivity contribution in [2.24, 2.45) is 11.8 Å². The Morgan fingerprint density at radius 2 is 2.28 bits per heavy atom. The predicted molar refractivity (Wildman–Crippen MR) is 65.8 cm³/mol. The van der Waals surface area contributed by atoms with Crippen molar-refractivity contribution in [3.05, 3.63) is 33.9 Å². The van der Waals surface area contributed by atoms with Gasteiger partial charge in [0.15, 0.2) is 0 Å². The summed E-state index contributed by atoms with van der Waals surface area (Å²) in [4.78, 5) is 21.1. The maximum Gasteiger partial charge on any atom is 0.338 e. The molecule has 2 N–H and O–H groups in total. The Labute approximate surface area is 104 Å². The molecule has 1 aromatic rings. The van der Waals surface area contributed by atoms with E-state index in [2.05, 4.69) is 12.2 Å². The number of rotatable bonds is 5. The molecule has 1 saturated carbocycles. The minimum Gasteiger partial charge on any atom is -0.478 e. The first kappa shape index (κ1) is 12.3. The van der Waals surface area contributed by atoms with E-state index in [9.17, 15) is 14.9 Å². The number of carboxylic acid groups (broad SMARTS) is 1. The van der Waals surface area contributed by atoms with E-state index in [0.717, 1.165) is 12.5 Å². The van der Waals surface area contributed by atoms with Gasteiger partial charge in [-0.15, -0.1) is 0 Å². The van der Waals surface area contributed by atoms with Gasteiger partial charge in [0.25, 0.3) is 5.69 Å². The topological polar surface area (TPSA) is 92.5 Å². The maximum absolute atomic E-state index is 11.1. The SMILES string of the molecule is CC1CC1CNc1ccc([N+](=O)[O-])cc1C(=O)O. The zero-order valence-corrected chi connectivity index (χ0v) is 9.92. The average Bonchev–Trinajstić information content (AvgIpc) is 3.02. The van der Waals surface area contributed by atoms with Gasteiger partial charge >= 0.3 is 5.97 Å². The van der Waals surface area contributed by atoms with E-state index in [4.69, 9.17) is 5.11 Å². The normalized spacial score (nSPS) is 21.4. The van der Waals surface area contributed by atoms with Crippen LogP contribution in [-0.4, -0.2) is 22.5 Å². The number of carboxylic acids is 1. The van der Waals surface area contributed by atoms with Crippen molar-refractivity contribution in [3.8, 4) is 0 Å². The fraction of sp³-hybridized carbons (Fsp3) is 0.417. The van der Waals surface area contributed by atoms with Crippen LogP contribution in [0.4, 0.5) is 11.4 Å². The summed E-state index contributed by atoms with van der Waals surface area (Å²) in [6, 6.07) is 3.85. The van der Waals surface area contributed by atoms with Gasteiger partial charge in [0.05, 0.1) is 10.5 Å². The molecule has 1 aliphatic rings. The Balaban J connectivity index is 2.17. The Bertz CT molecular complexity index is 501. The van der Waals surface area contributed by atoms with Crippen LogP contribution in [0.2, 0.25) is 0 Å². The fourth-order valence-electron chi connectivity index (χ4n) is 1.90. The first-order chi connectivity index (χ1) is 8.49. The summed E-state index contributed by atoms with van der Waals surface area (Å²) in [5.74, 6) is 0.0794. The van der Waals surface area contributed by atoms with E-state index < -0.39 is 10.9 Å². The van der Waals surface area contributed by atoms with Crippen molar-refractivity contribution in [1.29, 1.82) is 0 Å². The first-order valence-electron chi connectivity index (χ1n) is 5.74. The minimum atomic E-state index is -1.16. The molecule has 2 atom stereocenters. The third-order valence-corrected chi connectivity index (χ3v) is 3.28. The highest BCUT2D eigenvalue weighted by atomic mass is 16.6. The standard InChI is InChI=1S/C12H14N2O4/c1-7-4-8(7)6-13-11-3-2-9(14(17)18)5-10(11)12(15)16/h2-3,5,7-8,13H,4,6H2,1H3,(H,15,16). The number of benzene rings is 1. The molecule has 0 aliphatic heterocycles. The van der Waals surface area contributed by atoms with Crippen molar-refractivity contribution in [2.75, 3.05) is 11.9 Å². The average molecular weight is 250 g/mol. The van der Waals surface area contributed by atoms with Gasteiger partial charge in [0.2, 0.25) is 0 Å². The highest BCUT2D eigenvalue weighted by molar-refractivity contribution is 5.95. The molecule has 0 aromatic heterocycles. The van der Waals surface area contributed by atoms with Crippen LogP contribution in [0, 0.1) is 22.0 Å². The van der Waals surface area contributed by atoms with Crippen LogP contribution < -0.4 is 5.32 Å². The van der Waals surface area contributed by atoms with Gasteiger partial charge < -0.3 is 10.4 Å². The molecule has 0 saturated heterocycles. The molecule has 0 bridgehead atoms. The Morgan fingerprint density at radius 1 is 1.61 bits per heavy atom. The van der Waals surface area contributed by atoms with Crippen LogP contribution in [0.1, 0.15) is 23.7 Å². The summed E-state index contributed by atoms with van der Waals surface area (Å²) < 4.78 is 0. The van der Waals surface area contributed by atoms with Crippen molar-refractivity contribution in [2.45, 2.75) is 13.3 Å². The largest absolute Gasteiger partial charge is 0.478 e. The molecular weight excluding hydrogens is 236 g/mol. The quantitative estimate of drug-likeness (QED) is 0.618. The van der Waals surface area contributed by atoms with E-state index >= 15 is 0 Å². The molecule has 2 unspecified atom stereocenters. The van der Waals surface area contributed by atoms with E-state index in [1.807, 2.05) is 0 Å². The molecule has 0 heterocycles. The van der Waals surface area contributed by atoms with E-state index in [1.54, 1.807) is 0 Å². The second kappa shape index (κ2) is 4.64.